The Balaban J connectivity index is 1.59. The maximum absolute atomic E-state index is 12.4. The van der Waals surface area contributed by atoms with Crippen LogP contribution in [0.2, 0.25) is 0 Å². The molecule has 3 aromatic rings. The molecule has 0 bridgehead atoms. The Bertz CT molecular complexity index is 1200. The summed E-state index contributed by atoms with van der Waals surface area (Å²) >= 11 is 1.53. The molecule has 2 unspecified atom stereocenters. The normalized spacial score (nSPS) is 29.2. The quantitative estimate of drug-likeness (QED) is 0.447. The van der Waals surface area contributed by atoms with Crippen LogP contribution in [0.1, 0.15) is 23.2 Å². The number of anilines is 1. The minimum absolute atomic E-state index is 0.200. The Kier molecular flexibility index (Phi) is 4.28. The molecule has 0 aromatic carbocycles. The van der Waals surface area contributed by atoms with Crippen LogP contribution < -0.4 is 10.6 Å². The summed E-state index contributed by atoms with van der Waals surface area (Å²) in [4.78, 5) is 26.7. The topological polar surface area (TPSA) is 125 Å². The maximum atomic E-state index is 12.4. The van der Waals surface area contributed by atoms with Crippen LogP contribution in [0.4, 0.5) is 5.82 Å². The van der Waals surface area contributed by atoms with Gasteiger partial charge in [-0.15, -0.1) is 11.3 Å². The summed E-state index contributed by atoms with van der Waals surface area (Å²) in [5, 5.41) is 29.0. The number of amides is 1. The van der Waals surface area contributed by atoms with Crippen LogP contribution >= 0.6 is 11.3 Å². The maximum Gasteiger partial charge on any atom is 0.229 e. The van der Waals surface area contributed by atoms with Gasteiger partial charge in [0, 0.05) is 20.0 Å². The smallest absolute Gasteiger partial charge is 0.229 e. The van der Waals surface area contributed by atoms with Crippen LogP contribution in [0.15, 0.2) is 23.8 Å². The summed E-state index contributed by atoms with van der Waals surface area (Å²) in [6, 6.07) is 3.33. The van der Waals surface area contributed by atoms with Crippen molar-refractivity contribution in [3.05, 3.63) is 34.5 Å². The van der Waals surface area contributed by atoms with Crippen molar-refractivity contribution in [3.8, 4) is 11.8 Å². The van der Waals surface area contributed by atoms with Crippen LogP contribution in [0, 0.1) is 23.2 Å². The number of carbonyl (C=O) groups excluding carboxylic acids is 1. The minimum Gasteiger partial charge on any atom is -0.389 e. The Morgan fingerprint density at radius 2 is 2.17 bits per heavy atom. The van der Waals surface area contributed by atoms with Gasteiger partial charge in [-0.1, -0.05) is 6.07 Å². The lowest BCUT2D eigenvalue weighted by atomic mass is 9.98. The molecule has 0 radical (unpaired) electrons. The van der Waals surface area contributed by atoms with Gasteiger partial charge in [-0.3, -0.25) is 4.79 Å². The lowest BCUT2D eigenvalue weighted by Crippen LogP contribution is -2.41. The van der Waals surface area contributed by atoms with E-state index in [2.05, 4.69) is 37.4 Å². The molecule has 0 saturated heterocycles. The molecule has 2 saturated carbocycles. The van der Waals surface area contributed by atoms with Crippen LogP contribution in [0.25, 0.3) is 11.2 Å². The number of aliphatic hydroxyl groups is 2. The molecule has 2 aliphatic rings. The fourth-order valence-corrected chi connectivity index (χ4v) is 5.19. The summed E-state index contributed by atoms with van der Waals surface area (Å²) in [5.41, 5.74) is 0.0791. The van der Waals surface area contributed by atoms with E-state index in [1.807, 2.05) is 17.5 Å². The fourth-order valence-electron chi connectivity index (χ4n) is 4.62. The van der Waals surface area contributed by atoms with Crippen LogP contribution in [0.3, 0.4) is 0 Å². The molecule has 0 spiro atoms. The molecule has 3 heterocycles. The van der Waals surface area contributed by atoms with E-state index in [9.17, 15) is 15.0 Å². The molecule has 1 amide bonds. The van der Waals surface area contributed by atoms with Crippen molar-refractivity contribution in [2.24, 2.45) is 11.3 Å². The van der Waals surface area contributed by atoms with Gasteiger partial charge in [0.1, 0.15) is 6.10 Å². The first-order valence-corrected chi connectivity index (χ1v) is 10.5. The highest BCUT2D eigenvalue weighted by Gasteiger charge is 2.75. The molecule has 3 aromatic heterocycles. The van der Waals surface area contributed by atoms with Crippen LogP contribution in [-0.4, -0.2) is 61.9 Å². The monoisotopic (exact) mass is 424 g/mol. The minimum atomic E-state index is -1.14. The number of fused-ring (bicyclic) bond motifs is 2. The van der Waals surface area contributed by atoms with Crippen molar-refractivity contribution < 1.29 is 15.0 Å². The summed E-state index contributed by atoms with van der Waals surface area (Å²) in [6.45, 7) is 0. The standard InChI is InChI=1S/C20H20N6O3S/c1-21-17-13-18(25-12(24-17)6-5-10-4-3-7-30-10)26(9-23-13)14-11-8-20(11,19(29)22-2)16(28)15(14)27/h3-4,7,9,11,14-16,27-28H,8H2,1-2H3,(H,22,29)(H,21,24,25)/t11?,14-,15?,16+,20-/m1/s1. The molecule has 9 nitrogen and oxygen atoms in total. The molecule has 10 heteroatoms. The van der Waals surface area contributed by atoms with E-state index in [0.717, 1.165) is 4.88 Å². The molecule has 5 rings (SSSR count). The largest absolute Gasteiger partial charge is 0.389 e. The van der Waals surface area contributed by atoms with E-state index in [-0.39, 0.29) is 11.8 Å². The SMILES string of the molecule is CNC(=O)[C@]12CC1[C@@H](n1cnc3c(NC)nc(C#Cc4cccs4)nc31)C(O)[C@@H]2O. The van der Waals surface area contributed by atoms with E-state index < -0.39 is 23.7 Å². The average molecular weight is 424 g/mol. The zero-order valence-electron chi connectivity index (χ0n) is 16.3. The summed E-state index contributed by atoms with van der Waals surface area (Å²) in [6.07, 6.45) is -0.166. The van der Waals surface area contributed by atoms with Gasteiger partial charge in [0.25, 0.3) is 0 Å². The van der Waals surface area contributed by atoms with Gasteiger partial charge in [-0.25, -0.2) is 15.0 Å². The molecule has 5 atom stereocenters. The van der Waals surface area contributed by atoms with Crippen molar-refractivity contribution in [1.82, 2.24) is 24.8 Å². The second-order valence-corrected chi connectivity index (χ2v) is 8.50. The molecular weight excluding hydrogens is 404 g/mol. The molecule has 2 fully saturated rings. The highest BCUT2D eigenvalue weighted by Crippen LogP contribution is 2.67. The molecule has 30 heavy (non-hydrogen) atoms. The fraction of sp³-hybridized carbons (Fsp3) is 0.400. The second kappa shape index (κ2) is 6.77. The Morgan fingerprint density at radius 3 is 2.87 bits per heavy atom. The molecular formula is C20H20N6O3S. The number of nitrogens with zero attached hydrogens (tertiary/aromatic N) is 4. The van der Waals surface area contributed by atoms with Crippen molar-refractivity contribution in [3.63, 3.8) is 0 Å². The first-order chi connectivity index (χ1) is 14.5. The number of hydrogen-bond donors (Lipinski definition) is 4. The summed E-state index contributed by atoms with van der Waals surface area (Å²) in [5.74, 6) is 6.42. The van der Waals surface area contributed by atoms with Crippen molar-refractivity contribution in [2.75, 3.05) is 19.4 Å². The Labute approximate surface area is 176 Å². The first kappa shape index (κ1) is 19.0. The van der Waals surface area contributed by atoms with E-state index in [0.29, 0.717) is 29.2 Å². The number of aliphatic hydroxyl groups excluding tert-OH is 2. The number of imidazole rings is 1. The van der Waals surface area contributed by atoms with Gasteiger partial charge < -0.3 is 25.4 Å². The van der Waals surface area contributed by atoms with Gasteiger partial charge in [0.05, 0.1) is 28.8 Å². The third-order valence-corrected chi connectivity index (χ3v) is 6.91. The predicted molar refractivity (Wildman–Crippen MR) is 111 cm³/mol. The Morgan fingerprint density at radius 1 is 1.33 bits per heavy atom. The molecule has 4 N–H and O–H groups in total. The highest BCUT2D eigenvalue weighted by molar-refractivity contribution is 7.10. The lowest BCUT2D eigenvalue weighted by Gasteiger charge is -2.23. The lowest BCUT2D eigenvalue weighted by molar-refractivity contribution is -0.132. The van der Waals surface area contributed by atoms with Crippen molar-refractivity contribution in [2.45, 2.75) is 24.7 Å². The summed E-state index contributed by atoms with van der Waals surface area (Å²) < 4.78 is 1.74. The van der Waals surface area contributed by atoms with E-state index >= 15 is 0 Å². The Hall–Kier alpha value is -3.00. The van der Waals surface area contributed by atoms with Gasteiger partial charge >= 0.3 is 0 Å². The zero-order valence-corrected chi connectivity index (χ0v) is 17.1. The number of thiophene rings is 1. The van der Waals surface area contributed by atoms with Crippen LogP contribution in [0.5, 0.6) is 0 Å². The van der Waals surface area contributed by atoms with Gasteiger partial charge in [-0.05, 0) is 29.7 Å². The third-order valence-electron chi connectivity index (χ3n) is 6.12. The molecule has 2 aliphatic carbocycles. The van der Waals surface area contributed by atoms with E-state index in [1.54, 1.807) is 17.9 Å². The number of carbonyl (C=O) groups is 1. The predicted octanol–water partition coefficient (Wildman–Crippen LogP) is 0.358. The van der Waals surface area contributed by atoms with E-state index in [1.165, 1.54) is 18.4 Å². The molecule has 154 valence electrons. The number of rotatable bonds is 3. The van der Waals surface area contributed by atoms with E-state index in [4.69, 9.17) is 0 Å². The highest BCUT2D eigenvalue weighted by atomic mass is 32.1. The molecule has 0 aliphatic heterocycles. The first-order valence-electron chi connectivity index (χ1n) is 9.57. The van der Waals surface area contributed by atoms with Gasteiger partial charge in [0.15, 0.2) is 17.0 Å². The second-order valence-electron chi connectivity index (χ2n) is 7.55. The summed E-state index contributed by atoms with van der Waals surface area (Å²) in [7, 11) is 3.28. The number of hydrogen-bond acceptors (Lipinski definition) is 8. The van der Waals surface area contributed by atoms with Gasteiger partial charge in [0.2, 0.25) is 11.7 Å². The van der Waals surface area contributed by atoms with Gasteiger partial charge in [-0.2, -0.15) is 0 Å². The van der Waals surface area contributed by atoms with Crippen LogP contribution in [-0.2, 0) is 4.79 Å². The zero-order chi connectivity index (χ0) is 21.0. The van der Waals surface area contributed by atoms with Crippen molar-refractivity contribution >= 4 is 34.2 Å². The average Bonchev–Trinajstić information content (AvgIpc) is 3.06. The number of aromatic nitrogens is 4. The van der Waals surface area contributed by atoms with Crippen molar-refractivity contribution in [1.29, 1.82) is 0 Å². The third kappa shape index (κ3) is 2.56. The number of nitrogens with one attached hydrogen (secondary N) is 2.